The summed E-state index contributed by atoms with van der Waals surface area (Å²) in [6, 6.07) is 2.66. The van der Waals surface area contributed by atoms with Gasteiger partial charge >= 0.3 is 11.9 Å². The lowest BCUT2D eigenvalue weighted by molar-refractivity contribution is -0.117. The molecule has 5 N–H and O–H groups in total. The van der Waals surface area contributed by atoms with E-state index in [4.69, 9.17) is 15.9 Å². The molecule has 0 saturated carbocycles. The molecule has 7 heteroatoms. The average molecular weight is 294 g/mol. The molecule has 21 heavy (non-hydrogen) atoms. The molecule has 0 fully saturated rings. The van der Waals surface area contributed by atoms with E-state index in [-0.39, 0.29) is 22.7 Å². The van der Waals surface area contributed by atoms with Gasteiger partial charge in [-0.1, -0.05) is 13.8 Å². The van der Waals surface area contributed by atoms with Crippen molar-refractivity contribution >= 4 is 23.5 Å². The van der Waals surface area contributed by atoms with Crippen LogP contribution in [0.2, 0.25) is 0 Å². The highest BCUT2D eigenvalue weighted by atomic mass is 16.4. The first kappa shape index (κ1) is 16.6. The quantitative estimate of drug-likeness (QED) is 0.627. The van der Waals surface area contributed by atoms with Gasteiger partial charge < -0.3 is 21.3 Å². The maximum absolute atomic E-state index is 11.9. The van der Waals surface area contributed by atoms with E-state index in [1.807, 2.05) is 13.8 Å². The third kappa shape index (κ3) is 4.88. The van der Waals surface area contributed by atoms with Gasteiger partial charge in [0.15, 0.2) is 0 Å². The summed E-state index contributed by atoms with van der Waals surface area (Å²) < 4.78 is 0. The fraction of sp³-hybridized carbons (Fsp3) is 0.357. The number of carbonyl (C=O) groups is 3. The lowest BCUT2D eigenvalue weighted by atomic mass is 10.0. The number of hydrogen-bond acceptors (Lipinski definition) is 4. The summed E-state index contributed by atoms with van der Waals surface area (Å²) >= 11 is 0. The molecule has 0 aromatic heterocycles. The minimum absolute atomic E-state index is 0.0940. The number of carboxylic acid groups (broad SMARTS) is 2. The Labute approximate surface area is 121 Å². The Hall–Kier alpha value is -2.41. The molecule has 1 unspecified atom stereocenters. The van der Waals surface area contributed by atoms with Crippen LogP contribution < -0.4 is 11.1 Å². The molecular formula is C14H18N2O5. The molecule has 0 spiro atoms. The fourth-order valence-electron chi connectivity index (χ4n) is 1.80. The molecule has 0 radical (unpaired) electrons. The zero-order valence-electron chi connectivity index (χ0n) is 11.8. The largest absolute Gasteiger partial charge is 0.478 e. The third-order valence-corrected chi connectivity index (χ3v) is 2.76. The smallest absolute Gasteiger partial charge is 0.335 e. The van der Waals surface area contributed by atoms with Crippen LogP contribution in [0.3, 0.4) is 0 Å². The van der Waals surface area contributed by atoms with Gasteiger partial charge in [0.05, 0.1) is 17.2 Å². The van der Waals surface area contributed by atoms with Gasteiger partial charge in [0.2, 0.25) is 5.91 Å². The summed E-state index contributed by atoms with van der Waals surface area (Å²) in [5.74, 6) is -2.81. The number of hydrogen-bond donors (Lipinski definition) is 4. The highest BCUT2D eigenvalue weighted by Gasteiger charge is 2.17. The van der Waals surface area contributed by atoms with Gasteiger partial charge in [-0.3, -0.25) is 4.79 Å². The van der Waals surface area contributed by atoms with Crippen molar-refractivity contribution in [3.63, 3.8) is 0 Å². The second kappa shape index (κ2) is 6.85. The number of amides is 1. The van der Waals surface area contributed by atoms with Gasteiger partial charge in [0.1, 0.15) is 0 Å². The lowest BCUT2D eigenvalue weighted by Crippen LogP contribution is -2.36. The molecule has 1 atom stereocenters. The second-order valence-electron chi connectivity index (χ2n) is 5.13. The van der Waals surface area contributed by atoms with Gasteiger partial charge in [-0.05, 0) is 30.5 Å². The topological polar surface area (TPSA) is 130 Å². The van der Waals surface area contributed by atoms with Gasteiger partial charge in [-0.15, -0.1) is 0 Å². The number of anilines is 1. The summed E-state index contributed by atoms with van der Waals surface area (Å²) in [5.41, 5.74) is 5.37. The average Bonchev–Trinajstić information content (AvgIpc) is 2.37. The molecule has 0 aliphatic rings. The molecule has 1 aromatic carbocycles. The number of aromatic carboxylic acids is 2. The van der Waals surface area contributed by atoms with E-state index >= 15 is 0 Å². The number of nitrogens with two attached hydrogens (primary N) is 1. The molecule has 7 nitrogen and oxygen atoms in total. The first-order valence-corrected chi connectivity index (χ1v) is 6.38. The maximum atomic E-state index is 11.9. The predicted octanol–water partition coefficient (Wildman–Crippen LogP) is 1.39. The Morgan fingerprint density at radius 1 is 1.10 bits per heavy atom. The van der Waals surface area contributed by atoms with Crippen molar-refractivity contribution < 1.29 is 24.6 Å². The van der Waals surface area contributed by atoms with Crippen LogP contribution in [0.1, 0.15) is 41.0 Å². The van der Waals surface area contributed by atoms with E-state index in [0.29, 0.717) is 6.42 Å². The van der Waals surface area contributed by atoms with Crippen molar-refractivity contribution in [3.05, 3.63) is 29.3 Å². The van der Waals surface area contributed by atoms with Crippen LogP contribution in [-0.4, -0.2) is 34.1 Å². The Bertz CT molecular complexity index is 536. The Kier molecular flexibility index (Phi) is 5.43. The summed E-state index contributed by atoms with van der Waals surface area (Å²) in [5, 5.41) is 20.3. The first-order chi connectivity index (χ1) is 9.70. The predicted molar refractivity (Wildman–Crippen MR) is 76.4 cm³/mol. The molecule has 1 aromatic rings. The van der Waals surface area contributed by atoms with Gasteiger partial charge in [0, 0.05) is 5.69 Å². The van der Waals surface area contributed by atoms with Crippen molar-refractivity contribution in [2.24, 2.45) is 11.7 Å². The summed E-state index contributed by atoms with van der Waals surface area (Å²) in [6.07, 6.45) is 0.468. The molecule has 1 rings (SSSR count). The minimum atomic E-state index is -1.28. The lowest BCUT2D eigenvalue weighted by Gasteiger charge is -2.14. The molecule has 0 bridgehead atoms. The van der Waals surface area contributed by atoms with Gasteiger partial charge in [0.25, 0.3) is 0 Å². The monoisotopic (exact) mass is 294 g/mol. The summed E-state index contributed by atoms with van der Waals surface area (Å²) in [6.45, 7) is 3.83. The molecule has 0 aliphatic carbocycles. The first-order valence-electron chi connectivity index (χ1n) is 6.38. The Morgan fingerprint density at radius 3 is 1.95 bits per heavy atom. The number of nitrogens with one attached hydrogen (secondary N) is 1. The van der Waals surface area contributed by atoms with E-state index < -0.39 is 23.9 Å². The number of benzene rings is 1. The van der Waals surface area contributed by atoms with Crippen LogP contribution in [0.15, 0.2) is 18.2 Å². The number of carbonyl (C=O) groups excluding carboxylic acids is 1. The summed E-state index contributed by atoms with van der Waals surface area (Å²) in [7, 11) is 0. The molecule has 0 heterocycles. The molecule has 114 valence electrons. The van der Waals surface area contributed by atoms with Crippen molar-refractivity contribution in [2.45, 2.75) is 26.3 Å². The van der Waals surface area contributed by atoms with E-state index in [1.54, 1.807) is 0 Å². The zero-order valence-corrected chi connectivity index (χ0v) is 11.8. The minimum Gasteiger partial charge on any atom is -0.478 e. The number of carboxylic acids is 2. The van der Waals surface area contributed by atoms with Crippen molar-refractivity contribution in [1.82, 2.24) is 0 Å². The third-order valence-electron chi connectivity index (χ3n) is 2.76. The Morgan fingerprint density at radius 2 is 1.57 bits per heavy atom. The van der Waals surface area contributed by atoms with Gasteiger partial charge in [-0.2, -0.15) is 0 Å². The second-order valence-corrected chi connectivity index (χ2v) is 5.13. The van der Waals surface area contributed by atoms with Crippen LogP contribution in [0.4, 0.5) is 5.69 Å². The van der Waals surface area contributed by atoms with Crippen LogP contribution in [0, 0.1) is 5.92 Å². The molecular weight excluding hydrogens is 276 g/mol. The molecule has 1 amide bonds. The Balaban J connectivity index is 2.99. The van der Waals surface area contributed by atoms with Crippen molar-refractivity contribution in [2.75, 3.05) is 5.32 Å². The van der Waals surface area contributed by atoms with Gasteiger partial charge in [-0.25, -0.2) is 9.59 Å². The normalized spacial score (nSPS) is 12.0. The molecule has 0 saturated heterocycles. The van der Waals surface area contributed by atoms with E-state index in [1.165, 1.54) is 12.1 Å². The van der Waals surface area contributed by atoms with E-state index in [2.05, 4.69) is 5.32 Å². The molecule has 0 aliphatic heterocycles. The summed E-state index contributed by atoms with van der Waals surface area (Å²) in [4.78, 5) is 33.8. The fourth-order valence-corrected chi connectivity index (χ4v) is 1.80. The van der Waals surface area contributed by atoms with Crippen LogP contribution in [-0.2, 0) is 4.79 Å². The zero-order chi connectivity index (χ0) is 16.2. The van der Waals surface area contributed by atoms with Crippen LogP contribution in [0.25, 0.3) is 0 Å². The number of rotatable bonds is 6. The highest BCUT2D eigenvalue weighted by molar-refractivity contribution is 5.99. The maximum Gasteiger partial charge on any atom is 0.335 e. The van der Waals surface area contributed by atoms with E-state index in [0.717, 1.165) is 6.07 Å². The van der Waals surface area contributed by atoms with Crippen LogP contribution >= 0.6 is 0 Å². The highest BCUT2D eigenvalue weighted by Crippen LogP contribution is 2.16. The van der Waals surface area contributed by atoms with E-state index in [9.17, 15) is 14.4 Å². The standard InChI is InChI=1S/C14H18N2O5/c1-7(2)3-11(15)12(17)16-10-5-8(13(18)19)4-9(6-10)14(20)21/h4-7,11H,3,15H2,1-2H3,(H,16,17)(H,18,19)(H,20,21). The van der Waals surface area contributed by atoms with Crippen LogP contribution in [0.5, 0.6) is 0 Å². The van der Waals surface area contributed by atoms with Crippen molar-refractivity contribution in [1.29, 1.82) is 0 Å². The van der Waals surface area contributed by atoms with Crippen molar-refractivity contribution in [3.8, 4) is 0 Å². The SMILES string of the molecule is CC(C)CC(N)C(=O)Nc1cc(C(=O)O)cc(C(=O)O)c1.